The molecular weight excluding hydrogens is 240 g/mol. The van der Waals surface area contributed by atoms with E-state index in [0.29, 0.717) is 32.6 Å². The molecule has 1 saturated carbocycles. The second-order valence-corrected chi connectivity index (χ2v) is 5.76. The van der Waals surface area contributed by atoms with Gasteiger partial charge < -0.3 is 14.4 Å². The van der Waals surface area contributed by atoms with Crippen LogP contribution in [0.15, 0.2) is 0 Å². The van der Waals surface area contributed by atoms with Crippen molar-refractivity contribution in [3.05, 3.63) is 0 Å². The number of likely N-dealkylation sites (tertiary alicyclic amines) is 1. The summed E-state index contributed by atoms with van der Waals surface area (Å²) >= 11 is 0. The summed E-state index contributed by atoms with van der Waals surface area (Å²) in [5.41, 5.74) is 0. The van der Waals surface area contributed by atoms with Gasteiger partial charge in [-0.1, -0.05) is 0 Å². The Morgan fingerprint density at radius 3 is 2.28 bits per heavy atom. The summed E-state index contributed by atoms with van der Waals surface area (Å²) in [6, 6.07) is 0. The van der Waals surface area contributed by atoms with Gasteiger partial charge in [0, 0.05) is 44.8 Å². The van der Waals surface area contributed by atoms with E-state index >= 15 is 0 Å². The maximum atomic E-state index is 13.6. The Balaban J connectivity index is 1.51. The average Bonchev–Trinajstić information content (AvgIpc) is 2.91. The van der Waals surface area contributed by atoms with E-state index in [9.17, 15) is 8.78 Å². The van der Waals surface area contributed by atoms with Gasteiger partial charge in [0.1, 0.15) is 0 Å². The predicted molar refractivity (Wildman–Crippen MR) is 62.6 cm³/mol. The third-order valence-electron chi connectivity index (χ3n) is 4.57. The lowest BCUT2D eigenvalue weighted by Crippen LogP contribution is -2.47. The van der Waals surface area contributed by atoms with Crippen LogP contribution in [0.3, 0.4) is 0 Å². The van der Waals surface area contributed by atoms with Crippen LogP contribution in [0.5, 0.6) is 0 Å². The predicted octanol–water partition coefficient (Wildman–Crippen LogP) is 2.26. The molecule has 18 heavy (non-hydrogen) atoms. The van der Waals surface area contributed by atoms with Gasteiger partial charge in [0.05, 0.1) is 13.2 Å². The van der Waals surface area contributed by atoms with Gasteiger partial charge in [-0.15, -0.1) is 0 Å². The quantitative estimate of drug-likeness (QED) is 0.761. The van der Waals surface area contributed by atoms with Gasteiger partial charge in [-0.25, -0.2) is 8.78 Å². The molecule has 3 rings (SSSR count). The highest BCUT2D eigenvalue weighted by atomic mass is 19.3. The van der Waals surface area contributed by atoms with Crippen LogP contribution in [0.25, 0.3) is 0 Å². The Hall–Kier alpha value is -0.260. The van der Waals surface area contributed by atoms with E-state index in [1.54, 1.807) is 0 Å². The van der Waals surface area contributed by atoms with Crippen molar-refractivity contribution in [1.82, 2.24) is 4.90 Å². The molecule has 0 aromatic carbocycles. The lowest BCUT2D eigenvalue weighted by Gasteiger charge is -2.39. The maximum Gasteiger partial charge on any atom is 0.252 e. The first kappa shape index (κ1) is 12.8. The highest BCUT2D eigenvalue weighted by Gasteiger charge is 2.46. The number of hydrogen-bond acceptors (Lipinski definition) is 3. The monoisotopic (exact) mass is 261 g/mol. The van der Waals surface area contributed by atoms with Crippen LogP contribution in [0.2, 0.25) is 0 Å². The molecule has 0 aromatic rings. The highest BCUT2D eigenvalue weighted by molar-refractivity contribution is 4.89. The van der Waals surface area contributed by atoms with Crippen LogP contribution in [-0.2, 0) is 9.47 Å². The lowest BCUT2D eigenvalue weighted by atomic mass is 9.99. The van der Waals surface area contributed by atoms with Gasteiger partial charge in [0.2, 0.25) is 0 Å². The Kier molecular flexibility index (Phi) is 3.32. The van der Waals surface area contributed by atoms with Gasteiger partial charge in [-0.3, -0.25) is 0 Å². The van der Waals surface area contributed by atoms with Crippen molar-refractivity contribution < 1.29 is 18.3 Å². The average molecular weight is 261 g/mol. The second kappa shape index (κ2) is 4.69. The zero-order valence-electron chi connectivity index (χ0n) is 10.7. The summed E-state index contributed by atoms with van der Waals surface area (Å²) in [7, 11) is 0. The van der Waals surface area contributed by atoms with Gasteiger partial charge in [-0.2, -0.15) is 0 Å². The smallest absolute Gasteiger partial charge is 0.252 e. The number of ether oxygens (including phenoxy) is 2. The molecule has 1 atom stereocenters. The van der Waals surface area contributed by atoms with E-state index in [1.165, 1.54) is 0 Å². The second-order valence-electron chi connectivity index (χ2n) is 5.76. The van der Waals surface area contributed by atoms with Crippen LogP contribution < -0.4 is 0 Å². The zero-order chi connectivity index (χ0) is 12.6. The first-order valence-corrected chi connectivity index (χ1v) is 6.98. The lowest BCUT2D eigenvalue weighted by molar-refractivity contribution is -0.187. The molecule has 2 aliphatic heterocycles. The molecule has 0 aromatic heterocycles. The summed E-state index contributed by atoms with van der Waals surface area (Å²) in [6.07, 6.45) is 3.03. The fraction of sp³-hybridized carbons (Fsp3) is 1.00. The molecule has 1 unspecified atom stereocenters. The molecule has 104 valence electrons. The van der Waals surface area contributed by atoms with Crippen molar-refractivity contribution in [3.63, 3.8) is 0 Å². The first-order valence-electron chi connectivity index (χ1n) is 6.98. The van der Waals surface area contributed by atoms with E-state index in [2.05, 4.69) is 4.90 Å². The molecule has 2 saturated heterocycles. The number of halogens is 2. The van der Waals surface area contributed by atoms with Crippen LogP contribution in [-0.4, -0.2) is 49.5 Å². The Morgan fingerprint density at radius 2 is 1.72 bits per heavy atom. The molecular formula is C13H21F2NO2. The van der Waals surface area contributed by atoms with Crippen LogP contribution in [0, 0.1) is 5.92 Å². The SMILES string of the molecule is FC1(F)CCCC1CN1CCC2(CC1)OCCO2. The normalized spacial score (nSPS) is 35.3. The molecule has 0 bridgehead atoms. The number of piperidine rings is 1. The molecule has 0 radical (unpaired) electrons. The number of hydrogen-bond donors (Lipinski definition) is 0. The van der Waals surface area contributed by atoms with E-state index in [4.69, 9.17) is 9.47 Å². The fourth-order valence-electron chi connectivity index (χ4n) is 3.40. The largest absolute Gasteiger partial charge is 0.347 e. The van der Waals surface area contributed by atoms with E-state index in [-0.39, 0.29) is 6.42 Å². The van der Waals surface area contributed by atoms with Crippen LogP contribution in [0.1, 0.15) is 32.1 Å². The highest BCUT2D eigenvalue weighted by Crippen LogP contribution is 2.41. The minimum absolute atomic E-state index is 0.0711. The Bertz CT molecular complexity index is 295. The topological polar surface area (TPSA) is 21.7 Å². The molecule has 0 amide bonds. The molecule has 2 heterocycles. The molecule has 5 heteroatoms. The summed E-state index contributed by atoms with van der Waals surface area (Å²) in [6.45, 7) is 3.49. The van der Waals surface area contributed by atoms with Crippen molar-refractivity contribution in [2.24, 2.45) is 5.92 Å². The van der Waals surface area contributed by atoms with Crippen LogP contribution in [0.4, 0.5) is 8.78 Å². The Labute approximate surface area is 106 Å². The van der Waals surface area contributed by atoms with E-state index < -0.39 is 17.6 Å². The van der Waals surface area contributed by atoms with Gasteiger partial charge in [0.15, 0.2) is 5.79 Å². The molecule has 1 spiro atoms. The van der Waals surface area contributed by atoms with Crippen molar-refractivity contribution in [3.8, 4) is 0 Å². The van der Waals surface area contributed by atoms with Crippen molar-refractivity contribution in [2.45, 2.75) is 43.8 Å². The van der Waals surface area contributed by atoms with E-state index in [1.807, 2.05) is 0 Å². The van der Waals surface area contributed by atoms with Gasteiger partial charge in [0.25, 0.3) is 5.92 Å². The summed E-state index contributed by atoms with van der Waals surface area (Å²) < 4.78 is 38.5. The maximum absolute atomic E-state index is 13.6. The molecule has 0 N–H and O–H groups in total. The summed E-state index contributed by atoms with van der Waals surface area (Å²) in [5.74, 6) is -3.29. The third-order valence-corrected chi connectivity index (χ3v) is 4.57. The van der Waals surface area contributed by atoms with Gasteiger partial charge in [-0.05, 0) is 12.8 Å². The molecule has 3 aliphatic rings. The Morgan fingerprint density at radius 1 is 1.06 bits per heavy atom. The molecule has 3 nitrogen and oxygen atoms in total. The summed E-state index contributed by atoms with van der Waals surface area (Å²) in [5, 5.41) is 0. The van der Waals surface area contributed by atoms with Crippen LogP contribution >= 0.6 is 0 Å². The number of nitrogens with zero attached hydrogens (tertiary/aromatic N) is 1. The first-order chi connectivity index (χ1) is 8.60. The van der Waals surface area contributed by atoms with Crippen molar-refractivity contribution in [1.29, 1.82) is 0 Å². The van der Waals surface area contributed by atoms with Crippen molar-refractivity contribution >= 4 is 0 Å². The minimum atomic E-state index is -2.45. The number of rotatable bonds is 2. The third kappa shape index (κ3) is 2.40. The summed E-state index contributed by atoms with van der Waals surface area (Å²) in [4.78, 5) is 2.15. The molecule has 1 aliphatic carbocycles. The number of alkyl halides is 2. The fourth-order valence-corrected chi connectivity index (χ4v) is 3.40. The zero-order valence-corrected chi connectivity index (χ0v) is 10.7. The standard InChI is InChI=1S/C13H21F2NO2/c14-13(15)3-1-2-11(13)10-16-6-4-12(5-7-16)17-8-9-18-12/h11H,1-10H2. The molecule has 3 fully saturated rings. The van der Waals surface area contributed by atoms with Crippen molar-refractivity contribution in [2.75, 3.05) is 32.8 Å². The van der Waals surface area contributed by atoms with E-state index in [0.717, 1.165) is 25.9 Å². The minimum Gasteiger partial charge on any atom is -0.347 e. The van der Waals surface area contributed by atoms with Gasteiger partial charge >= 0.3 is 0 Å².